The summed E-state index contributed by atoms with van der Waals surface area (Å²) in [5.41, 5.74) is 0. The van der Waals surface area contributed by atoms with Crippen molar-refractivity contribution >= 4 is 50.7 Å². The van der Waals surface area contributed by atoms with Crippen LogP contribution in [0.5, 0.6) is 0 Å². The second kappa shape index (κ2) is 4.11. The molecule has 0 spiro atoms. The number of halogens is 2. The third-order valence-corrected chi connectivity index (χ3v) is 4.50. The summed E-state index contributed by atoms with van der Waals surface area (Å²) in [7, 11) is 1.61. The van der Waals surface area contributed by atoms with Crippen molar-refractivity contribution < 1.29 is 4.79 Å². The highest BCUT2D eigenvalue weighted by atomic mass is 79.9. The van der Waals surface area contributed by atoms with Crippen LogP contribution in [0.2, 0.25) is 4.34 Å². The molecule has 1 aliphatic rings. The van der Waals surface area contributed by atoms with Crippen LogP contribution in [-0.2, 0) is 4.79 Å². The Balaban J connectivity index is 2.29. The van der Waals surface area contributed by atoms with Gasteiger partial charge in [-0.3, -0.25) is 15.1 Å². The molecule has 1 aromatic heterocycles. The van der Waals surface area contributed by atoms with Gasteiger partial charge in [-0.05, 0) is 22.0 Å². The predicted molar refractivity (Wildman–Crippen MR) is 64.4 cm³/mol. The second-order valence-electron chi connectivity index (χ2n) is 2.91. The Morgan fingerprint density at radius 1 is 1.67 bits per heavy atom. The summed E-state index contributed by atoms with van der Waals surface area (Å²) >= 11 is 10.6. The normalized spacial score (nSPS) is 23.0. The van der Waals surface area contributed by atoms with Crippen molar-refractivity contribution in [1.82, 2.24) is 10.6 Å². The van der Waals surface area contributed by atoms with Crippen LogP contribution in [0, 0.1) is 0 Å². The van der Waals surface area contributed by atoms with Crippen molar-refractivity contribution in [3.05, 3.63) is 19.8 Å². The minimum atomic E-state index is -0.391. The van der Waals surface area contributed by atoms with Crippen LogP contribution in [-0.4, -0.2) is 18.9 Å². The smallest absolute Gasteiger partial charge is 0.254 e. The van der Waals surface area contributed by atoms with Crippen LogP contribution in [0.3, 0.4) is 0 Å². The van der Waals surface area contributed by atoms with Gasteiger partial charge < -0.3 is 5.32 Å². The molecule has 7 heteroatoms. The summed E-state index contributed by atoms with van der Waals surface area (Å²) in [5, 5.41) is 5.60. The zero-order valence-electron chi connectivity index (χ0n) is 7.67. The monoisotopic (exact) mass is 307 g/mol. The molecule has 1 fully saturated rings. The van der Waals surface area contributed by atoms with E-state index in [0.29, 0.717) is 10.3 Å². The van der Waals surface area contributed by atoms with E-state index in [1.165, 1.54) is 11.3 Å². The van der Waals surface area contributed by atoms with Gasteiger partial charge in [-0.15, -0.1) is 11.3 Å². The Morgan fingerprint density at radius 2 is 2.40 bits per heavy atom. The highest BCUT2D eigenvalue weighted by Gasteiger charge is 2.31. The first kappa shape index (κ1) is 10.9. The highest BCUT2D eigenvalue weighted by molar-refractivity contribution is 9.10. The molecule has 1 amide bonds. The molecule has 4 nitrogen and oxygen atoms in total. The fourth-order valence-corrected chi connectivity index (χ4v) is 3.04. The SMILES string of the molecule is CN=C1NC(=O)C(c2cc(Br)c(Cl)s2)N1. The Bertz CT molecular complexity index is 426. The number of rotatable bonds is 1. The van der Waals surface area contributed by atoms with E-state index < -0.39 is 6.04 Å². The standard InChI is InChI=1S/C8H7BrClN3OS/c1-11-8-12-5(7(14)13-8)4-2-3(9)6(10)15-4/h2,5H,1H3,(H2,11,12,13,14). The molecule has 2 heterocycles. The van der Waals surface area contributed by atoms with E-state index in [4.69, 9.17) is 11.6 Å². The summed E-state index contributed by atoms with van der Waals surface area (Å²) in [5.74, 6) is 0.381. The van der Waals surface area contributed by atoms with Crippen molar-refractivity contribution in [2.24, 2.45) is 4.99 Å². The number of carbonyl (C=O) groups excluding carboxylic acids is 1. The van der Waals surface area contributed by atoms with Gasteiger partial charge >= 0.3 is 0 Å². The van der Waals surface area contributed by atoms with Gasteiger partial charge in [0.2, 0.25) is 0 Å². The Morgan fingerprint density at radius 3 is 2.87 bits per heavy atom. The largest absolute Gasteiger partial charge is 0.340 e. The van der Waals surface area contributed by atoms with Crippen molar-refractivity contribution in [3.8, 4) is 0 Å². The molecular weight excluding hydrogens is 302 g/mol. The maximum Gasteiger partial charge on any atom is 0.254 e. The van der Waals surface area contributed by atoms with E-state index >= 15 is 0 Å². The third-order valence-electron chi connectivity index (χ3n) is 1.96. The minimum Gasteiger partial charge on any atom is -0.340 e. The molecule has 15 heavy (non-hydrogen) atoms. The number of aliphatic imine (C=N–C) groups is 1. The van der Waals surface area contributed by atoms with Gasteiger partial charge in [0.15, 0.2) is 5.96 Å². The molecule has 1 unspecified atom stereocenters. The van der Waals surface area contributed by atoms with E-state index in [1.807, 2.05) is 6.07 Å². The van der Waals surface area contributed by atoms with Gasteiger partial charge in [0.05, 0.1) is 0 Å². The molecule has 1 atom stereocenters. The first-order valence-corrected chi connectivity index (χ1v) is 6.09. The molecule has 0 aromatic carbocycles. The summed E-state index contributed by atoms with van der Waals surface area (Å²) in [4.78, 5) is 16.3. The summed E-state index contributed by atoms with van der Waals surface area (Å²) in [6.07, 6.45) is 0. The molecular formula is C8H7BrClN3OS. The number of nitrogens with zero attached hydrogens (tertiary/aromatic N) is 1. The predicted octanol–water partition coefficient (Wildman–Crippen LogP) is 1.91. The number of amides is 1. The van der Waals surface area contributed by atoms with Gasteiger partial charge in [-0.2, -0.15) is 0 Å². The van der Waals surface area contributed by atoms with Crippen LogP contribution in [0.1, 0.15) is 10.9 Å². The van der Waals surface area contributed by atoms with Crippen molar-refractivity contribution in [1.29, 1.82) is 0 Å². The molecule has 1 saturated heterocycles. The molecule has 0 radical (unpaired) electrons. The fraction of sp³-hybridized carbons (Fsp3) is 0.250. The molecule has 80 valence electrons. The number of thiophene rings is 1. The van der Waals surface area contributed by atoms with Crippen LogP contribution in [0.25, 0.3) is 0 Å². The zero-order valence-corrected chi connectivity index (χ0v) is 10.8. The lowest BCUT2D eigenvalue weighted by molar-refractivity contribution is -0.120. The number of hydrogen-bond acceptors (Lipinski definition) is 3. The molecule has 2 N–H and O–H groups in total. The first-order chi connectivity index (χ1) is 7.11. The summed E-state index contributed by atoms with van der Waals surface area (Å²) in [6, 6.07) is 1.44. The van der Waals surface area contributed by atoms with Crippen molar-refractivity contribution in [3.63, 3.8) is 0 Å². The van der Waals surface area contributed by atoms with Gasteiger partial charge in [-0.25, -0.2) is 0 Å². The van der Waals surface area contributed by atoms with E-state index in [9.17, 15) is 4.79 Å². The summed E-state index contributed by atoms with van der Waals surface area (Å²) in [6.45, 7) is 0. The van der Waals surface area contributed by atoms with E-state index in [1.54, 1.807) is 7.05 Å². The maximum atomic E-state index is 11.6. The lowest BCUT2D eigenvalue weighted by Gasteiger charge is -2.02. The van der Waals surface area contributed by atoms with E-state index in [0.717, 1.165) is 9.35 Å². The Kier molecular flexibility index (Phi) is 2.99. The minimum absolute atomic E-state index is 0.110. The second-order valence-corrected chi connectivity index (χ2v) is 5.45. The van der Waals surface area contributed by atoms with Gasteiger partial charge in [-0.1, -0.05) is 11.6 Å². The molecule has 1 aliphatic heterocycles. The average Bonchev–Trinajstić information content (AvgIpc) is 2.71. The number of hydrogen-bond donors (Lipinski definition) is 2. The molecule has 0 saturated carbocycles. The maximum absolute atomic E-state index is 11.6. The van der Waals surface area contributed by atoms with Crippen LogP contribution < -0.4 is 10.6 Å². The summed E-state index contributed by atoms with van der Waals surface area (Å²) < 4.78 is 1.45. The Labute approximate surface area is 104 Å². The van der Waals surface area contributed by atoms with Gasteiger partial charge in [0, 0.05) is 16.4 Å². The number of carbonyl (C=O) groups is 1. The topological polar surface area (TPSA) is 53.5 Å². The number of guanidine groups is 1. The van der Waals surface area contributed by atoms with Gasteiger partial charge in [0.1, 0.15) is 10.4 Å². The van der Waals surface area contributed by atoms with E-state index in [2.05, 4.69) is 31.6 Å². The average molecular weight is 309 g/mol. The molecule has 2 rings (SSSR count). The van der Waals surface area contributed by atoms with Gasteiger partial charge in [0.25, 0.3) is 5.91 Å². The van der Waals surface area contributed by atoms with Crippen molar-refractivity contribution in [2.45, 2.75) is 6.04 Å². The highest BCUT2D eigenvalue weighted by Crippen LogP contribution is 2.35. The number of nitrogens with one attached hydrogen (secondary N) is 2. The van der Waals surface area contributed by atoms with E-state index in [-0.39, 0.29) is 5.91 Å². The first-order valence-electron chi connectivity index (χ1n) is 4.10. The van der Waals surface area contributed by atoms with Crippen molar-refractivity contribution in [2.75, 3.05) is 7.05 Å². The van der Waals surface area contributed by atoms with Crippen LogP contribution >= 0.6 is 38.9 Å². The zero-order chi connectivity index (χ0) is 11.0. The molecule has 1 aromatic rings. The molecule has 0 aliphatic carbocycles. The quantitative estimate of drug-likeness (QED) is 0.833. The Hall–Kier alpha value is -0.590. The fourth-order valence-electron chi connectivity index (χ4n) is 1.25. The lowest BCUT2D eigenvalue weighted by atomic mass is 10.2. The van der Waals surface area contributed by atoms with Crippen LogP contribution in [0.4, 0.5) is 0 Å². The van der Waals surface area contributed by atoms with Crippen LogP contribution in [0.15, 0.2) is 15.5 Å². The lowest BCUT2D eigenvalue weighted by Crippen LogP contribution is -2.24. The third kappa shape index (κ3) is 2.02. The molecule has 0 bridgehead atoms.